The fourth-order valence-corrected chi connectivity index (χ4v) is 5.35. The smallest absolute Gasteiger partial charge is 0.264 e. The van der Waals surface area contributed by atoms with Crippen LogP contribution in [0.1, 0.15) is 57.6 Å². The second-order valence-corrected chi connectivity index (χ2v) is 9.88. The second-order valence-electron chi connectivity index (χ2n) is 8.85. The van der Waals surface area contributed by atoms with E-state index in [1.54, 1.807) is 12.1 Å². The van der Waals surface area contributed by atoms with Gasteiger partial charge in [-0.05, 0) is 98.0 Å². The zero-order valence-electron chi connectivity index (χ0n) is 18.4. The van der Waals surface area contributed by atoms with Gasteiger partial charge in [-0.15, -0.1) is 0 Å². The molecule has 0 aromatic heterocycles. The lowest BCUT2D eigenvalue weighted by Crippen LogP contribution is -2.48. The first-order valence-corrected chi connectivity index (χ1v) is 11.6. The van der Waals surface area contributed by atoms with Gasteiger partial charge in [-0.1, -0.05) is 19.9 Å². The molecule has 162 valence electrons. The third kappa shape index (κ3) is 4.54. The SMILES string of the molecule is CCCN1c2ccc(/C=C3/SC(=Nc4ccc(F)cc4)NC3=O)cc2C(C)CC1(C)C. The first-order chi connectivity index (χ1) is 14.8. The van der Waals surface area contributed by atoms with Gasteiger partial charge in [0.05, 0.1) is 10.6 Å². The minimum atomic E-state index is -0.310. The molecule has 1 saturated heterocycles. The van der Waals surface area contributed by atoms with E-state index in [1.807, 2.05) is 6.08 Å². The van der Waals surface area contributed by atoms with Crippen LogP contribution in [-0.4, -0.2) is 23.2 Å². The molecule has 1 fully saturated rings. The van der Waals surface area contributed by atoms with Crippen LogP contribution in [0, 0.1) is 5.82 Å². The number of anilines is 1. The number of hydrogen-bond acceptors (Lipinski definition) is 4. The van der Waals surface area contributed by atoms with Gasteiger partial charge in [-0.3, -0.25) is 4.79 Å². The first kappa shape index (κ1) is 21.6. The Labute approximate surface area is 187 Å². The number of rotatable bonds is 4. The molecule has 2 heterocycles. The van der Waals surface area contributed by atoms with Gasteiger partial charge < -0.3 is 10.2 Å². The van der Waals surface area contributed by atoms with Gasteiger partial charge in [-0.25, -0.2) is 9.38 Å². The molecule has 2 aliphatic heterocycles. The molecule has 31 heavy (non-hydrogen) atoms. The molecule has 0 spiro atoms. The maximum atomic E-state index is 13.1. The van der Waals surface area contributed by atoms with E-state index in [2.05, 4.69) is 61.1 Å². The van der Waals surface area contributed by atoms with E-state index < -0.39 is 0 Å². The van der Waals surface area contributed by atoms with Crippen LogP contribution in [0.4, 0.5) is 15.8 Å². The minimum Gasteiger partial charge on any atom is -0.366 e. The molecule has 1 amide bonds. The molecule has 0 bridgehead atoms. The van der Waals surface area contributed by atoms with E-state index in [0.717, 1.165) is 24.9 Å². The molecular formula is C25H28FN3OS. The number of hydrogen-bond donors (Lipinski definition) is 1. The molecule has 2 aromatic rings. The molecular weight excluding hydrogens is 409 g/mol. The summed E-state index contributed by atoms with van der Waals surface area (Å²) in [5.41, 5.74) is 4.39. The zero-order valence-corrected chi connectivity index (χ0v) is 19.2. The Morgan fingerprint density at radius 1 is 1.26 bits per heavy atom. The van der Waals surface area contributed by atoms with Crippen LogP contribution in [0.15, 0.2) is 52.4 Å². The topological polar surface area (TPSA) is 44.7 Å². The Morgan fingerprint density at radius 2 is 2.00 bits per heavy atom. The Bertz CT molecular complexity index is 1060. The molecule has 1 unspecified atom stereocenters. The van der Waals surface area contributed by atoms with E-state index in [1.165, 1.54) is 35.1 Å². The molecule has 1 atom stereocenters. The van der Waals surface area contributed by atoms with Crippen molar-refractivity contribution in [3.8, 4) is 0 Å². The van der Waals surface area contributed by atoms with Gasteiger partial charge in [0.2, 0.25) is 0 Å². The first-order valence-electron chi connectivity index (χ1n) is 10.7. The van der Waals surface area contributed by atoms with Crippen molar-refractivity contribution < 1.29 is 9.18 Å². The van der Waals surface area contributed by atoms with Crippen molar-refractivity contribution in [1.29, 1.82) is 0 Å². The lowest BCUT2D eigenvalue weighted by molar-refractivity contribution is -0.115. The summed E-state index contributed by atoms with van der Waals surface area (Å²) in [4.78, 5) is 20.0. The number of halogens is 1. The Hall–Kier alpha value is -2.60. The maximum Gasteiger partial charge on any atom is 0.264 e. The number of aliphatic imine (C=N–C) groups is 1. The molecule has 4 rings (SSSR count). The molecule has 0 saturated carbocycles. The van der Waals surface area contributed by atoms with Gasteiger partial charge in [0.25, 0.3) is 5.91 Å². The predicted molar refractivity (Wildman–Crippen MR) is 128 cm³/mol. The second kappa shape index (κ2) is 8.50. The minimum absolute atomic E-state index is 0.134. The number of fused-ring (bicyclic) bond motifs is 1. The van der Waals surface area contributed by atoms with Crippen molar-refractivity contribution in [1.82, 2.24) is 5.32 Å². The average molecular weight is 438 g/mol. The summed E-state index contributed by atoms with van der Waals surface area (Å²) in [7, 11) is 0. The van der Waals surface area contributed by atoms with E-state index >= 15 is 0 Å². The van der Waals surface area contributed by atoms with Crippen molar-refractivity contribution in [3.63, 3.8) is 0 Å². The largest absolute Gasteiger partial charge is 0.366 e. The van der Waals surface area contributed by atoms with E-state index in [0.29, 0.717) is 21.7 Å². The Balaban J connectivity index is 1.60. The fourth-order valence-electron chi connectivity index (χ4n) is 4.51. The summed E-state index contributed by atoms with van der Waals surface area (Å²) < 4.78 is 13.1. The maximum absolute atomic E-state index is 13.1. The number of benzene rings is 2. The standard InChI is InChI=1S/C25H28FN3OS/c1-5-12-29-21-11-6-17(13-20(21)16(2)15-25(29,3)4)14-22-23(30)28-24(31-22)27-19-9-7-18(26)8-10-19/h6-11,13-14,16H,5,12,15H2,1-4H3,(H,27,28,30)/b22-14+. The average Bonchev–Trinajstić information content (AvgIpc) is 3.05. The Kier molecular flexibility index (Phi) is 5.93. The van der Waals surface area contributed by atoms with Gasteiger partial charge in [-0.2, -0.15) is 0 Å². The van der Waals surface area contributed by atoms with Gasteiger partial charge in [0, 0.05) is 17.8 Å². The zero-order chi connectivity index (χ0) is 22.2. The van der Waals surface area contributed by atoms with Gasteiger partial charge in [0.15, 0.2) is 5.17 Å². The van der Waals surface area contributed by atoms with E-state index in [4.69, 9.17) is 0 Å². The highest BCUT2D eigenvalue weighted by molar-refractivity contribution is 8.18. The molecule has 6 heteroatoms. The molecule has 2 aliphatic rings. The van der Waals surface area contributed by atoms with Crippen LogP contribution in [0.5, 0.6) is 0 Å². The lowest BCUT2D eigenvalue weighted by atomic mass is 9.79. The van der Waals surface area contributed by atoms with Crippen LogP contribution >= 0.6 is 11.8 Å². The van der Waals surface area contributed by atoms with Crippen LogP contribution in [0.25, 0.3) is 6.08 Å². The normalized spacial score (nSPS) is 22.7. The van der Waals surface area contributed by atoms with Crippen molar-refractivity contribution in [3.05, 3.63) is 64.3 Å². The van der Waals surface area contributed by atoms with Gasteiger partial charge >= 0.3 is 0 Å². The van der Waals surface area contributed by atoms with E-state index in [-0.39, 0.29) is 17.3 Å². The van der Waals surface area contributed by atoms with Crippen molar-refractivity contribution in [2.24, 2.45) is 4.99 Å². The van der Waals surface area contributed by atoms with E-state index in [9.17, 15) is 9.18 Å². The number of nitrogens with zero attached hydrogens (tertiary/aromatic N) is 2. The van der Waals surface area contributed by atoms with Gasteiger partial charge in [0.1, 0.15) is 5.82 Å². The van der Waals surface area contributed by atoms with Crippen LogP contribution in [-0.2, 0) is 4.79 Å². The molecule has 1 N–H and O–H groups in total. The summed E-state index contributed by atoms with van der Waals surface area (Å²) in [5.74, 6) is -0.0161. The monoisotopic (exact) mass is 437 g/mol. The number of nitrogens with one attached hydrogen (secondary N) is 1. The quantitative estimate of drug-likeness (QED) is 0.578. The molecule has 0 aliphatic carbocycles. The number of amidine groups is 1. The highest BCUT2D eigenvalue weighted by Gasteiger charge is 2.35. The number of carbonyl (C=O) groups excluding carboxylic acids is 1. The third-order valence-electron chi connectivity index (χ3n) is 5.86. The van der Waals surface area contributed by atoms with Crippen molar-refractivity contribution in [2.75, 3.05) is 11.4 Å². The summed E-state index contributed by atoms with van der Waals surface area (Å²) in [5, 5.41) is 3.30. The van der Waals surface area contributed by atoms with Crippen LogP contribution in [0.3, 0.4) is 0 Å². The number of thioether (sulfide) groups is 1. The summed E-state index contributed by atoms with van der Waals surface area (Å²) >= 11 is 1.31. The highest BCUT2D eigenvalue weighted by Crippen LogP contribution is 2.44. The van der Waals surface area contributed by atoms with Crippen molar-refractivity contribution in [2.45, 2.75) is 52.0 Å². The van der Waals surface area contributed by atoms with Crippen LogP contribution < -0.4 is 10.2 Å². The molecule has 0 radical (unpaired) electrons. The lowest BCUT2D eigenvalue weighted by Gasteiger charge is -2.47. The summed E-state index contributed by atoms with van der Waals surface area (Å²) in [6.07, 6.45) is 4.13. The molecule has 2 aromatic carbocycles. The highest BCUT2D eigenvalue weighted by atomic mass is 32.2. The third-order valence-corrected chi connectivity index (χ3v) is 6.77. The number of carbonyl (C=O) groups is 1. The number of amides is 1. The van der Waals surface area contributed by atoms with Crippen molar-refractivity contribution >= 4 is 40.3 Å². The van der Waals surface area contributed by atoms with Crippen LogP contribution in [0.2, 0.25) is 0 Å². The fraction of sp³-hybridized carbons (Fsp3) is 0.360. The predicted octanol–water partition coefficient (Wildman–Crippen LogP) is 6.22. The Morgan fingerprint density at radius 3 is 2.71 bits per heavy atom. The molecule has 4 nitrogen and oxygen atoms in total. The summed E-state index contributed by atoms with van der Waals surface area (Å²) in [6.45, 7) is 10.2. The summed E-state index contributed by atoms with van der Waals surface area (Å²) in [6, 6.07) is 12.4.